The van der Waals surface area contributed by atoms with Crippen LogP contribution in [0.25, 0.3) is 0 Å². The first-order chi connectivity index (χ1) is 9.81. The lowest BCUT2D eigenvalue weighted by atomic mass is 10.3. The number of hydrogen-bond donors (Lipinski definition) is 1. The standard InChI is InChI=1S/C12H19N7S/c1-18-9-10(8-14-18)4-7-20-12-15-16-17-19(12)6-5-13-11-2-3-11/h8-9,11,13H,2-7H2,1H3. The summed E-state index contributed by atoms with van der Waals surface area (Å²) in [6, 6.07) is 0.730. The van der Waals surface area contributed by atoms with Gasteiger partial charge in [-0.05, 0) is 35.3 Å². The highest BCUT2D eigenvalue weighted by Gasteiger charge is 2.20. The fourth-order valence-corrected chi connectivity index (χ4v) is 2.85. The van der Waals surface area contributed by atoms with Gasteiger partial charge >= 0.3 is 0 Å². The minimum absolute atomic E-state index is 0.730. The minimum atomic E-state index is 0.730. The first kappa shape index (κ1) is 13.6. The summed E-state index contributed by atoms with van der Waals surface area (Å²) in [4.78, 5) is 0. The molecule has 2 aromatic rings. The average Bonchev–Trinajstić information content (AvgIpc) is 3.00. The number of thioether (sulfide) groups is 1. The molecule has 2 aromatic heterocycles. The molecule has 1 N–H and O–H groups in total. The van der Waals surface area contributed by atoms with Crippen LogP contribution in [0.4, 0.5) is 0 Å². The van der Waals surface area contributed by atoms with Gasteiger partial charge in [0.1, 0.15) is 0 Å². The molecular formula is C12H19N7S. The van der Waals surface area contributed by atoms with Crippen LogP contribution in [0.3, 0.4) is 0 Å². The lowest BCUT2D eigenvalue weighted by molar-refractivity contribution is 0.509. The summed E-state index contributed by atoms with van der Waals surface area (Å²) < 4.78 is 3.71. The third-order valence-electron chi connectivity index (χ3n) is 3.21. The summed E-state index contributed by atoms with van der Waals surface area (Å²) in [5.74, 6) is 0.960. The SMILES string of the molecule is Cn1cc(CCSc2nnnn2CCNC2CC2)cn1. The van der Waals surface area contributed by atoms with Crippen molar-refractivity contribution in [2.24, 2.45) is 7.05 Å². The summed E-state index contributed by atoms with van der Waals surface area (Å²) in [6.07, 6.45) is 7.54. The normalized spacial score (nSPS) is 14.8. The van der Waals surface area contributed by atoms with Crippen LogP contribution in [-0.2, 0) is 20.0 Å². The lowest BCUT2D eigenvalue weighted by Crippen LogP contribution is -2.22. The largest absolute Gasteiger partial charge is 0.312 e. The Hall–Kier alpha value is -1.41. The molecule has 1 aliphatic rings. The molecule has 0 saturated heterocycles. The zero-order valence-corrected chi connectivity index (χ0v) is 12.4. The first-order valence-corrected chi connectivity index (χ1v) is 7.90. The van der Waals surface area contributed by atoms with Gasteiger partial charge in [-0.25, -0.2) is 4.68 Å². The maximum Gasteiger partial charge on any atom is 0.209 e. The third kappa shape index (κ3) is 3.80. The van der Waals surface area contributed by atoms with Gasteiger partial charge in [0.25, 0.3) is 0 Å². The molecule has 3 rings (SSSR count). The second-order valence-electron chi connectivity index (χ2n) is 5.03. The summed E-state index contributed by atoms with van der Waals surface area (Å²) in [5, 5.41) is 20.4. The number of aromatic nitrogens is 6. The van der Waals surface area contributed by atoms with Crippen molar-refractivity contribution < 1.29 is 0 Å². The van der Waals surface area contributed by atoms with Gasteiger partial charge in [0, 0.05) is 31.6 Å². The highest BCUT2D eigenvalue weighted by molar-refractivity contribution is 7.99. The Balaban J connectivity index is 1.43. The zero-order chi connectivity index (χ0) is 13.8. The van der Waals surface area contributed by atoms with E-state index in [0.717, 1.165) is 36.5 Å². The van der Waals surface area contributed by atoms with Gasteiger partial charge in [-0.2, -0.15) is 5.10 Å². The topological polar surface area (TPSA) is 73.5 Å². The zero-order valence-electron chi connectivity index (χ0n) is 11.6. The number of tetrazole rings is 1. The van der Waals surface area contributed by atoms with Crippen LogP contribution in [-0.4, -0.2) is 48.3 Å². The van der Waals surface area contributed by atoms with E-state index in [9.17, 15) is 0 Å². The predicted molar refractivity (Wildman–Crippen MR) is 76.5 cm³/mol. The molecule has 20 heavy (non-hydrogen) atoms. The summed E-state index contributed by atoms with van der Waals surface area (Å²) in [6.45, 7) is 1.77. The van der Waals surface area contributed by atoms with E-state index in [1.165, 1.54) is 18.4 Å². The average molecular weight is 293 g/mol. The summed E-state index contributed by atoms with van der Waals surface area (Å²) >= 11 is 1.69. The van der Waals surface area contributed by atoms with Crippen LogP contribution in [0, 0.1) is 0 Å². The fraction of sp³-hybridized carbons (Fsp3) is 0.667. The summed E-state index contributed by atoms with van der Waals surface area (Å²) in [5.41, 5.74) is 1.24. The molecule has 0 amide bonds. The molecule has 2 heterocycles. The van der Waals surface area contributed by atoms with Gasteiger partial charge in [0.05, 0.1) is 12.7 Å². The van der Waals surface area contributed by atoms with E-state index >= 15 is 0 Å². The Kier molecular flexibility index (Phi) is 4.31. The van der Waals surface area contributed by atoms with Gasteiger partial charge in [0.2, 0.25) is 5.16 Å². The molecule has 108 valence electrons. The Morgan fingerprint density at radius 3 is 3.10 bits per heavy atom. The number of nitrogens with zero attached hydrogens (tertiary/aromatic N) is 6. The molecule has 1 fully saturated rings. The van der Waals surface area contributed by atoms with Crippen molar-refractivity contribution in [1.82, 2.24) is 35.3 Å². The Morgan fingerprint density at radius 1 is 1.45 bits per heavy atom. The Morgan fingerprint density at radius 2 is 2.35 bits per heavy atom. The number of nitrogens with one attached hydrogen (secondary N) is 1. The van der Waals surface area contributed by atoms with Crippen LogP contribution in [0.5, 0.6) is 0 Å². The van der Waals surface area contributed by atoms with Crippen molar-refractivity contribution in [3.05, 3.63) is 18.0 Å². The molecule has 0 aromatic carbocycles. The summed E-state index contributed by atoms with van der Waals surface area (Å²) in [7, 11) is 1.93. The fourth-order valence-electron chi connectivity index (χ4n) is 1.96. The molecular weight excluding hydrogens is 274 g/mol. The smallest absolute Gasteiger partial charge is 0.209 e. The number of rotatable bonds is 8. The Labute approximate surface area is 122 Å². The van der Waals surface area contributed by atoms with Gasteiger partial charge in [-0.15, -0.1) is 5.10 Å². The van der Waals surface area contributed by atoms with Crippen LogP contribution >= 0.6 is 11.8 Å². The second kappa shape index (κ2) is 6.36. The molecule has 0 bridgehead atoms. The van der Waals surface area contributed by atoms with E-state index in [2.05, 4.69) is 25.9 Å². The number of hydrogen-bond acceptors (Lipinski definition) is 6. The molecule has 8 heteroatoms. The van der Waals surface area contributed by atoms with Crippen LogP contribution in [0.2, 0.25) is 0 Å². The van der Waals surface area contributed by atoms with Gasteiger partial charge in [-0.1, -0.05) is 11.8 Å². The molecule has 0 atom stereocenters. The van der Waals surface area contributed by atoms with Gasteiger partial charge in [-0.3, -0.25) is 4.68 Å². The molecule has 0 radical (unpaired) electrons. The van der Waals surface area contributed by atoms with E-state index in [1.807, 2.05) is 28.8 Å². The molecule has 1 aliphatic carbocycles. The maximum atomic E-state index is 4.17. The molecule has 0 unspecified atom stereocenters. The van der Waals surface area contributed by atoms with E-state index in [0.29, 0.717) is 0 Å². The van der Waals surface area contributed by atoms with Crippen molar-refractivity contribution in [3.63, 3.8) is 0 Å². The Bertz CT molecular complexity index is 546. The van der Waals surface area contributed by atoms with E-state index in [-0.39, 0.29) is 0 Å². The quantitative estimate of drug-likeness (QED) is 0.714. The van der Waals surface area contributed by atoms with Crippen molar-refractivity contribution >= 4 is 11.8 Å². The van der Waals surface area contributed by atoms with Crippen molar-refractivity contribution in [1.29, 1.82) is 0 Å². The van der Waals surface area contributed by atoms with Crippen molar-refractivity contribution in [2.75, 3.05) is 12.3 Å². The molecule has 0 spiro atoms. The van der Waals surface area contributed by atoms with E-state index in [1.54, 1.807) is 11.8 Å². The maximum absolute atomic E-state index is 4.17. The molecule has 1 saturated carbocycles. The lowest BCUT2D eigenvalue weighted by Gasteiger charge is -2.04. The van der Waals surface area contributed by atoms with Crippen LogP contribution in [0.1, 0.15) is 18.4 Å². The predicted octanol–water partition coefficient (Wildman–Crippen LogP) is 0.493. The van der Waals surface area contributed by atoms with Crippen LogP contribution < -0.4 is 5.32 Å². The monoisotopic (exact) mass is 293 g/mol. The highest BCUT2D eigenvalue weighted by atomic mass is 32.2. The van der Waals surface area contributed by atoms with Crippen molar-refractivity contribution in [2.45, 2.75) is 37.0 Å². The van der Waals surface area contributed by atoms with Crippen LogP contribution in [0.15, 0.2) is 17.6 Å². The van der Waals surface area contributed by atoms with E-state index in [4.69, 9.17) is 0 Å². The minimum Gasteiger partial charge on any atom is -0.312 e. The van der Waals surface area contributed by atoms with Gasteiger partial charge in [0.15, 0.2) is 0 Å². The molecule has 7 nitrogen and oxygen atoms in total. The second-order valence-corrected chi connectivity index (χ2v) is 6.10. The van der Waals surface area contributed by atoms with E-state index < -0.39 is 0 Å². The first-order valence-electron chi connectivity index (χ1n) is 6.91. The number of aryl methyl sites for hydroxylation is 2. The highest BCUT2D eigenvalue weighted by Crippen LogP contribution is 2.18. The third-order valence-corrected chi connectivity index (χ3v) is 4.17. The van der Waals surface area contributed by atoms with Crippen molar-refractivity contribution in [3.8, 4) is 0 Å². The molecule has 0 aliphatic heterocycles. The van der Waals surface area contributed by atoms with Gasteiger partial charge < -0.3 is 5.32 Å².